The Labute approximate surface area is 115 Å². The summed E-state index contributed by atoms with van der Waals surface area (Å²) in [4.78, 5) is 11.7. The Bertz CT molecular complexity index is 382. The average molecular weight is 290 g/mol. The molecule has 0 atom stereocenters. The summed E-state index contributed by atoms with van der Waals surface area (Å²) in [6.07, 6.45) is -0.173. The van der Waals surface area contributed by atoms with Crippen molar-refractivity contribution in [2.45, 2.75) is 31.6 Å². The van der Waals surface area contributed by atoms with Gasteiger partial charge in [0.2, 0.25) is 5.12 Å². The maximum absolute atomic E-state index is 13.0. The van der Waals surface area contributed by atoms with E-state index in [1.807, 2.05) is 6.07 Å². The Kier molecular flexibility index (Phi) is 6.99. The van der Waals surface area contributed by atoms with E-state index in [2.05, 4.69) is 0 Å². The van der Waals surface area contributed by atoms with Crippen LogP contribution in [0.2, 0.25) is 0 Å². The van der Waals surface area contributed by atoms with Gasteiger partial charge in [-0.25, -0.2) is 8.78 Å². The summed E-state index contributed by atoms with van der Waals surface area (Å²) < 4.78 is 37.8. The predicted octanol–water partition coefficient (Wildman–Crippen LogP) is 4.73. The highest BCUT2D eigenvalue weighted by molar-refractivity contribution is 8.14. The van der Waals surface area contributed by atoms with Gasteiger partial charge in [-0.2, -0.15) is 0 Å². The number of thioether (sulfide) groups is 1. The van der Waals surface area contributed by atoms with Crippen molar-refractivity contribution in [3.63, 3.8) is 0 Å². The lowest BCUT2D eigenvalue weighted by Crippen LogP contribution is -2.16. The summed E-state index contributed by atoms with van der Waals surface area (Å²) in [6.45, 7) is -0.992. The fraction of sp³-hybridized carbons (Fsp3) is 0.500. The molecule has 19 heavy (non-hydrogen) atoms. The highest BCUT2D eigenvalue weighted by Gasteiger charge is 2.27. The molecule has 0 spiro atoms. The van der Waals surface area contributed by atoms with Crippen LogP contribution in [0, 0.1) is 0 Å². The highest BCUT2D eigenvalue weighted by Crippen LogP contribution is 2.26. The van der Waals surface area contributed by atoms with Crippen molar-refractivity contribution in [1.29, 1.82) is 0 Å². The Hall–Kier alpha value is -0.970. The number of benzene rings is 1. The first kappa shape index (κ1) is 16.1. The monoisotopic (exact) mass is 290 g/mol. The number of carbonyl (C=O) groups is 1. The Morgan fingerprint density at radius 2 is 1.79 bits per heavy atom. The van der Waals surface area contributed by atoms with E-state index in [4.69, 9.17) is 0 Å². The van der Waals surface area contributed by atoms with Gasteiger partial charge in [-0.1, -0.05) is 42.1 Å². The molecule has 1 nitrogen and oxygen atoms in total. The van der Waals surface area contributed by atoms with Gasteiger partial charge in [-0.05, 0) is 12.8 Å². The molecular weight excluding hydrogens is 273 g/mol. The van der Waals surface area contributed by atoms with Gasteiger partial charge >= 0.3 is 0 Å². The third-order valence-corrected chi connectivity index (χ3v) is 3.63. The SMILES string of the molecule is O=C(SCCCCC(F)(F)CCF)c1ccccc1. The molecule has 1 rings (SSSR count). The fourth-order valence-electron chi connectivity index (χ4n) is 1.57. The molecule has 0 aromatic heterocycles. The topological polar surface area (TPSA) is 17.1 Å². The molecular formula is C14H17F3OS. The summed E-state index contributed by atoms with van der Waals surface area (Å²) in [7, 11) is 0. The number of hydrogen-bond acceptors (Lipinski definition) is 2. The molecule has 0 bridgehead atoms. The van der Waals surface area contributed by atoms with Crippen LogP contribution in [0.15, 0.2) is 30.3 Å². The Morgan fingerprint density at radius 1 is 1.11 bits per heavy atom. The molecule has 0 aliphatic heterocycles. The molecule has 0 unspecified atom stereocenters. The van der Waals surface area contributed by atoms with Crippen molar-refractivity contribution in [2.75, 3.05) is 12.4 Å². The quantitative estimate of drug-likeness (QED) is 0.644. The van der Waals surface area contributed by atoms with E-state index in [1.54, 1.807) is 24.3 Å². The second-order valence-electron chi connectivity index (χ2n) is 4.25. The standard InChI is InChI=1S/C14H17F3OS/c15-10-9-14(16,17)8-4-5-11-19-13(18)12-6-2-1-3-7-12/h1-3,6-7H,4-5,8-11H2. The van der Waals surface area contributed by atoms with Gasteiger partial charge < -0.3 is 0 Å². The smallest absolute Gasteiger partial charge is 0.250 e. The molecule has 0 aliphatic rings. The van der Waals surface area contributed by atoms with Crippen LogP contribution in [0.25, 0.3) is 0 Å². The van der Waals surface area contributed by atoms with Gasteiger partial charge in [0.05, 0.1) is 6.67 Å². The van der Waals surface area contributed by atoms with Gasteiger partial charge in [0, 0.05) is 24.2 Å². The molecule has 5 heteroatoms. The molecule has 0 heterocycles. The van der Waals surface area contributed by atoms with Crippen LogP contribution in [-0.4, -0.2) is 23.5 Å². The van der Waals surface area contributed by atoms with E-state index in [9.17, 15) is 18.0 Å². The number of rotatable bonds is 8. The van der Waals surface area contributed by atoms with Gasteiger partial charge in [-0.15, -0.1) is 0 Å². The first-order chi connectivity index (χ1) is 9.05. The van der Waals surface area contributed by atoms with Crippen molar-refractivity contribution in [3.8, 4) is 0 Å². The van der Waals surface area contributed by atoms with Crippen LogP contribution < -0.4 is 0 Å². The van der Waals surface area contributed by atoms with Crippen LogP contribution in [0.1, 0.15) is 36.0 Å². The third kappa shape index (κ3) is 6.66. The molecule has 106 valence electrons. The normalized spacial score (nSPS) is 11.5. The molecule has 1 aromatic rings. The second kappa shape index (κ2) is 8.25. The van der Waals surface area contributed by atoms with Crippen molar-refractivity contribution < 1.29 is 18.0 Å². The molecule has 0 amide bonds. The van der Waals surface area contributed by atoms with Crippen molar-refractivity contribution in [3.05, 3.63) is 35.9 Å². The van der Waals surface area contributed by atoms with Crippen LogP contribution >= 0.6 is 11.8 Å². The maximum atomic E-state index is 13.0. The fourth-order valence-corrected chi connectivity index (χ4v) is 2.41. The summed E-state index contributed by atoms with van der Waals surface area (Å²) >= 11 is 1.14. The summed E-state index contributed by atoms with van der Waals surface area (Å²) in [5.41, 5.74) is 0.621. The third-order valence-electron chi connectivity index (χ3n) is 2.64. The van der Waals surface area contributed by atoms with Crippen molar-refractivity contribution in [2.24, 2.45) is 0 Å². The van der Waals surface area contributed by atoms with Gasteiger partial charge in [0.15, 0.2) is 0 Å². The lowest BCUT2D eigenvalue weighted by molar-refractivity contribution is -0.0229. The average Bonchev–Trinajstić information content (AvgIpc) is 2.39. The minimum atomic E-state index is -2.91. The largest absolute Gasteiger partial charge is 0.282 e. The molecule has 0 aliphatic carbocycles. The van der Waals surface area contributed by atoms with Crippen LogP contribution in [0.5, 0.6) is 0 Å². The van der Waals surface area contributed by atoms with E-state index < -0.39 is 19.0 Å². The highest BCUT2D eigenvalue weighted by atomic mass is 32.2. The van der Waals surface area contributed by atoms with Crippen molar-refractivity contribution >= 4 is 16.9 Å². The summed E-state index contributed by atoms with van der Waals surface area (Å²) in [5.74, 6) is -2.40. The maximum Gasteiger partial charge on any atom is 0.250 e. The Morgan fingerprint density at radius 3 is 2.42 bits per heavy atom. The molecule has 0 fully saturated rings. The van der Waals surface area contributed by atoms with E-state index in [1.165, 1.54) is 0 Å². The van der Waals surface area contributed by atoms with Crippen LogP contribution in [0.3, 0.4) is 0 Å². The zero-order chi connectivity index (χ0) is 14.1. The van der Waals surface area contributed by atoms with Gasteiger partial charge in [0.1, 0.15) is 0 Å². The van der Waals surface area contributed by atoms with Gasteiger partial charge in [-0.3, -0.25) is 9.18 Å². The van der Waals surface area contributed by atoms with E-state index in [0.717, 1.165) is 11.8 Å². The minimum absolute atomic E-state index is 0.0453. The predicted molar refractivity (Wildman–Crippen MR) is 72.6 cm³/mol. The zero-order valence-corrected chi connectivity index (χ0v) is 11.4. The van der Waals surface area contributed by atoms with Crippen LogP contribution in [-0.2, 0) is 0 Å². The molecule has 0 N–H and O–H groups in total. The lowest BCUT2D eigenvalue weighted by Gasteiger charge is -2.13. The zero-order valence-electron chi connectivity index (χ0n) is 10.6. The molecule has 1 aromatic carbocycles. The second-order valence-corrected chi connectivity index (χ2v) is 5.32. The number of halogens is 3. The lowest BCUT2D eigenvalue weighted by atomic mass is 10.1. The minimum Gasteiger partial charge on any atom is -0.282 e. The molecule has 0 saturated heterocycles. The van der Waals surface area contributed by atoms with Gasteiger partial charge in [0.25, 0.3) is 5.92 Å². The van der Waals surface area contributed by atoms with Crippen LogP contribution in [0.4, 0.5) is 13.2 Å². The van der Waals surface area contributed by atoms with E-state index in [-0.39, 0.29) is 11.5 Å². The molecule has 0 radical (unpaired) electrons. The number of hydrogen-bond donors (Lipinski definition) is 0. The number of carbonyl (C=O) groups excluding carboxylic acids is 1. The number of unbranched alkanes of at least 4 members (excludes halogenated alkanes) is 1. The van der Waals surface area contributed by atoms with E-state index >= 15 is 0 Å². The summed E-state index contributed by atoms with van der Waals surface area (Å²) in [5, 5.41) is -0.0453. The Balaban J connectivity index is 2.16. The van der Waals surface area contributed by atoms with Crippen molar-refractivity contribution in [1.82, 2.24) is 0 Å². The first-order valence-corrected chi connectivity index (χ1v) is 7.20. The summed E-state index contributed by atoms with van der Waals surface area (Å²) in [6, 6.07) is 8.85. The first-order valence-electron chi connectivity index (χ1n) is 6.21. The number of alkyl halides is 3. The van der Waals surface area contributed by atoms with E-state index in [0.29, 0.717) is 24.2 Å². The molecule has 0 saturated carbocycles.